The van der Waals surface area contributed by atoms with Crippen molar-refractivity contribution >= 4 is 0 Å². The molecule has 0 aromatic carbocycles. The SMILES string of the molecule is CCN(CC)CCCCNC1CCCOC1. The molecule has 1 unspecified atom stereocenters. The predicted molar refractivity (Wildman–Crippen MR) is 68.9 cm³/mol. The molecule has 1 saturated heterocycles. The van der Waals surface area contributed by atoms with Gasteiger partial charge in [0, 0.05) is 12.6 Å². The van der Waals surface area contributed by atoms with Crippen molar-refractivity contribution in [2.24, 2.45) is 0 Å². The van der Waals surface area contributed by atoms with Crippen molar-refractivity contribution in [1.82, 2.24) is 10.2 Å². The van der Waals surface area contributed by atoms with Crippen molar-refractivity contribution in [2.45, 2.75) is 45.6 Å². The fourth-order valence-corrected chi connectivity index (χ4v) is 2.21. The van der Waals surface area contributed by atoms with E-state index in [0.717, 1.165) is 19.8 Å². The molecule has 16 heavy (non-hydrogen) atoms. The van der Waals surface area contributed by atoms with Gasteiger partial charge in [0.2, 0.25) is 0 Å². The summed E-state index contributed by atoms with van der Waals surface area (Å²) in [6.07, 6.45) is 5.10. The Balaban J connectivity index is 1.90. The lowest BCUT2D eigenvalue weighted by atomic mass is 10.1. The minimum absolute atomic E-state index is 0.613. The fraction of sp³-hybridized carbons (Fsp3) is 1.00. The van der Waals surface area contributed by atoms with Crippen LogP contribution in [0.3, 0.4) is 0 Å². The highest BCUT2D eigenvalue weighted by Gasteiger charge is 2.12. The third-order valence-electron chi connectivity index (χ3n) is 3.39. The number of ether oxygens (including phenoxy) is 1. The smallest absolute Gasteiger partial charge is 0.0619 e. The van der Waals surface area contributed by atoms with E-state index in [-0.39, 0.29) is 0 Å². The maximum Gasteiger partial charge on any atom is 0.0619 e. The van der Waals surface area contributed by atoms with Gasteiger partial charge in [-0.05, 0) is 51.9 Å². The zero-order valence-electron chi connectivity index (χ0n) is 11.0. The van der Waals surface area contributed by atoms with Gasteiger partial charge in [0.1, 0.15) is 0 Å². The van der Waals surface area contributed by atoms with E-state index in [2.05, 4.69) is 24.1 Å². The lowest BCUT2D eigenvalue weighted by Gasteiger charge is -2.23. The maximum atomic E-state index is 5.44. The van der Waals surface area contributed by atoms with E-state index in [1.807, 2.05) is 0 Å². The van der Waals surface area contributed by atoms with Gasteiger partial charge >= 0.3 is 0 Å². The first kappa shape index (κ1) is 13.9. The molecule has 0 saturated carbocycles. The molecule has 3 heteroatoms. The molecule has 3 nitrogen and oxygen atoms in total. The summed E-state index contributed by atoms with van der Waals surface area (Å²) in [5, 5.41) is 3.59. The Labute approximate surface area is 101 Å². The summed E-state index contributed by atoms with van der Waals surface area (Å²) in [5.41, 5.74) is 0. The van der Waals surface area contributed by atoms with E-state index in [1.165, 1.54) is 45.3 Å². The number of unbranched alkanes of at least 4 members (excludes halogenated alkanes) is 1. The number of hydrogen-bond acceptors (Lipinski definition) is 3. The lowest BCUT2D eigenvalue weighted by Crippen LogP contribution is -2.37. The number of nitrogens with one attached hydrogen (secondary N) is 1. The Morgan fingerprint density at radius 1 is 1.25 bits per heavy atom. The van der Waals surface area contributed by atoms with Gasteiger partial charge in [0.15, 0.2) is 0 Å². The van der Waals surface area contributed by atoms with Crippen LogP contribution in [0.4, 0.5) is 0 Å². The number of rotatable bonds is 8. The van der Waals surface area contributed by atoms with Gasteiger partial charge < -0.3 is 15.0 Å². The van der Waals surface area contributed by atoms with Gasteiger partial charge in [-0.3, -0.25) is 0 Å². The van der Waals surface area contributed by atoms with Crippen LogP contribution >= 0.6 is 0 Å². The monoisotopic (exact) mass is 228 g/mol. The second kappa shape index (κ2) is 8.97. The Hall–Kier alpha value is -0.120. The van der Waals surface area contributed by atoms with Crippen LogP contribution in [0.5, 0.6) is 0 Å². The highest BCUT2D eigenvalue weighted by atomic mass is 16.5. The molecule has 0 spiro atoms. The van der Waals surface area contributed by atoms with Gasteiger partial charge in [-0.15, -0.1) is 0 Å². The molecule has 1 heterocycles. The second-order valence-electron chi connectivity index (χ2n) is 4.60. The van der Waals surface area contributed by atoms with Crippen molar-refractivity contribution in [3.05, 3.63) is 0 Å². The minimum Gasteiger partial charge on any atom is -0.380 e. The summed E-state index contributed by atoms with van der Waals surface area (Å²) < 4.78 is 5.44. The van der Waals surface area contributed by atoms with Crippen LogP contribution in [0.15, 0.2) is 0 Å². The molecule has 0 bridgehead atoms. The van der Waals surface area contributed by atoms with Gasteiger partial charge in [0.05, 0.1) is 6.61 Å². The Morgan fingerprint density at radius 3 is 2.69 bits per heavy atom. The summed E-state index contributed by atoms with van der Waals surface area (Å²) in [4.78, 5) is 2.49. The number of nitrogens with zero attached hydrogens (tertiary/aromatic N) is 1. The molecule has 0 aromatic heterocycles. The third kappa shape index (κ3) is 5.83. The van der Waals surface area contributed by atoms with Crippen LogP contribution in [-0.2, 0) is 4.74 Å². The molecular formula is C13H28N2O. The maximum absolute atomic E-state index is 5.44. The van der Waals surface area contributed by atoms with Crippen LogP contribution in [0.25, 0.3) is 0 Å². The predicted octanol–water partition coefficient (Wildman–Crippen LogP) is 1.88. The van der Waals surface area contributed by atoms with Crippen molar-refractivity contribution in [2.75, 3.05) is 39.4 Å². The van der Waals surface area contributed by atoms with Crippen LogP contribution in [0.1, 0.15) is 39.5 Å². The highest BCUT2D eigenvalue weighted by molar-refractivity contribution is 4.69. The molecule has 1 atom stereocenters. The Bertz CT molecular complexity index is 154. The molecule has 1 fully saturated rings. The normalized spacial score (nSPS) is 21.6. The Kier molecular flexibility index (Phi) is 7.81. The molecule has 0 aliphatic carbocycles. The van der Waals surface area contributed by atoms with Gasteiger partial charge in [-0.1, -0.05) is 13.8 Å². The van der Waals surface area contributed by atoms with Crippen LogP contribution < -0.4 is 5.32 Å². The van der Waals surface area contributed by atoms with E-state index in [0.29, 0.717) is 6.04 Å². The molecule has 0 amide bonds. The summed E-state index contributed by atoms with van der Waals surface area (Å²) in [5.74, 6) is 0. The summed E-state index contributed by atoms with van der Waals surface area (Å²) >= 11 is 0. The quantitative estimate of drug-likeness (QED) is 0.642. The first-order valence-electron chi connectivity index (χ1n) is 6.90. The fourth-order valence-electron chi connectivity index (χ4n) is 2.21. The first-order chi connectivity index (χ1) is 7.86. The van der Waals surface area contributed by atoms with Crippen LogP contribution in [0, 0.1) is 0 Å². The van der Waals surface area contributed by atoms with E-state index < -0.39 is 0 Å². The number of hydrogen-bond donors (Lipinski definition) is 1. The average molecular weight is 228 g/mol. The summed E-state index contributed by atoms with van der Waals surface area (Å²) in [6, 6.07) is 0.613. The highest BCUT2D eigenvalue weighted by Crippen LogP contribution is 2.05. The second-order valence-corrected chi connectivity index (χ2v) is 4.60. The van der Waals surface area contributed by atoms with Crippen molar-refractivity contribution in [1.29, 1.82) is 0 Å². The van der Waals surface area contributed by atoms with E-state index in [1.54, 1.807) is 0 Å². The van der Waals surface area contributed by atoms with Gasteiger partial charge in [-0.25, -0.2) is 0 Å². The standard InChI is InChI=1S/C13H28N2O/c1-3-15(4-2)10-6-5-9-14-13-8-7-11-16-12-13/h13-14H,3-12H2,1-2H3. The summed E-state index contributed by atoms with van der Waals surface area (Å²) in [7, 11) is 0. The first-order valence-corrected chi connectivity index (χ1v) is 6.90. The molecule has 1 aliphatic heterocycles. The van der Waals surface area contributed by atoms with Crippen molar-refractivity contribution < 1.29 is 4.74 Å². The molecule has 96 valence electrons. The lowest BCUT2D eigenvalue weighted by molar-refractivity contribution is 0.0704. The minimum atomic E-state index is 0.613. The molecule has 1 aliphatic rings. The topological polar surface area (TPSA) is 24.5 Å². The molecular weight excluding hydrogens is 200 g/mol. The van der Waals surface area contributed by atoms with Crippen molar-refractivity contribution in [3.63, 3.8) is 0 Å². The van der Waals surface area contributed by atoms with E-state index in [4.69, 9.17) is 4.74 Å². The zero-order valence-corrected chi connectivity index (χ0v) is 11.0. The van der Waals surface area contributed by atoms with Crippen LogP contribution in [-0.4, -0.2) is 50.3 Å². The average Bonchev–Trinajstić information content (AvgIpc) is 2.35. The Morgan fingerprint density at radius 2 is 2.06 bits per heavy atom. The van der Waals surface area contributed by atoms with E-state index >= 15 is 0 Å². The molecule has 1 rings (SSSR count). The molecule has 1 N–H and O–H groups in total. The van der Waals surface area contributed by atoms with Crippen LogP contribution in [0.2, 0.25) is 0 Å². The summed E-state index contributed by atoms with van der Waals surface area (Å²) in [6.45, 7) is 11.1. The van der Waals surface area contributed by atoms with Gasteiger partial charge in [0.25, 0.3) is 0 Å². The molecule has 0 aromatic rings. The largest absolute Gasteiger partial charge is 0.380 e. The van der Waals surface area contributed by atoms with E-state index in [9.17, 15) is 0 Å². The third-order valence-corrected chi connectivity index (χ3v) is 3.39. The van der Waals surface area contributed by atoms with Gasteiger partial charge in [-0.2, -0.15) is 0 Å². The zero-order chi connectivity index (χ0) is 11.6. The molecule has 0 radical (unpaired) electrons. The van der Waals surface area contributed by atoms with Crippen molar-refractivity contribution in [3.8, 4) is 0 Å².